The zero-order chi connectivity index (χ0) is 83.6. The summed E-state index contributed by atoms with van der Waals surface area (Å²) in [7, 11) is 1.47. The van der Waals surface area contributed by atoms with E-state index in [0.717, 1.165) is 77.6 Å². The molecule has 0 unspecified atom stereocenters. The van der Waals surface area contributed by atoms with Gasteiger partial charge < -0.3 is 133 Å². The molecular weight excluding hydrogens is 1560 g/mol. The van der Waals surface area contributed by atoms with Crippen LogP contribution in [-0.4, -0.2) is 208 Å². The average molecular weight is 1650 g/mol. The van der Waals surface area contributed by atoms with Gasteiger partial charge in [-0.1, -0.05) is 79.5 Å². The number of halogens is 2. The minimum absolute atomic E-state index is 0.115. The number of carboxylic acids is 1. The first-order valence-corrected chi connectivity index (χ1v) is 37.4. The molecular formula is C78H85Cl2N11O25. The molecule has 14 rings (SSSR count). The smallest absolute Gasteiger partial charge is 0.330 e. The molecule has 2 saturated heterocycles. The van der Waals surface area contributed by atoms with E-state index in [4.69, 9.17) is 57.4 Å². The highest BCUT2D eigenvalue weighted by atomic mass is 35.5. The largest absolute Gasteiger partial charge is 0.508 e. The molecule has 7 aliphatic rings. The highest BCUT2D eigenvalue weighted by Gasteiger charge is 2.53. The number of rotatable bonds is 18. The summed E-state index contributed by atoms with van der Waals surface area (Å²) in [6.45, 7) is 5.48. The quantitative estimate of drug-likeness (QED) is 0.0580. The van der Waals surface area contributed by atoms with E-state index in [0.29, 0.717) is 5.69 Å². The van der Waals surface area contributed by atoms with Gasteiger partial charge in [0.25, 0.3) is 0 Å². The molecule has 616 valence electrons. The molecule has 1 aromatic heterocycles. The number of hydrogen-bond acceptors (Lipinski definition) is 27. The fraction of sp³-hybridized carbons (Fsp3) is 0.385. The Labute approximate surface area is 670 Å². The van der Waals surface area contributed by atoms with Gasteiger partial charge in [-0.2, -0.15) is 0 Å². The number of nitrogens with one attached hydrogen (secondary N) is 9. The van der Waals surface area contributed by atoms with Crippen LogP contribution >= 0.6 is 23.2 Å². The molecule has 8 heterocycles. The minimum atomic E-state index is -2.39. The molecule has 36 nitrogen and oxygen atoms in total. The number of aliphatic hydroxyl groups is 6. The Morgan fingerprint density at radius 2 is 1.35 bits per heavy atom. The summed E-state index contributed by atoms with van der Waals surface area (Å²) in [5.41, 5.74) is 2.59. The number of aromatic hydroxyl groups is 3. The van der Waals surface area contributed by atoms with Crippen molar-refractivity contribution in [2.24, 2.45) is 11.7 Å². The number of aromatic nitrogens is 1. The molecule has 8 amide bonds. The number of hydrogen-bond donors (Lipinski definition) is 20. The molecule has 7 aliphatic heterocycles. The fourth-order valence-electron chi connectivity index (χ4n) is 14.5. The number of carbonyl (C=O) groups is 9. The number of carbonyl (C=O) groups excluding carboxylic acids is 8. The molecule has 0 spiro atoms. The molecule has 38 heteroatoms. The predicted octanol–water partition coefficient (Wildman–Crippen LogP) is 1.60. The van der Waals surface area contributed by atoms with Gasteiger partial charge in [0.1, 0.15) is 95.6 Å². The lowest BCUT2D eigenvalue weighted by atomic mass is 9.85. The molecule has 2 fully saturated rings. The predicted molar refractivity (Wildman–Crippen MR) is 407 cm³/mol. The van der Waals surface area contributed by atoms with Gasteiger partial charge in [-0.05, 0) is 122 Å². The van der Waals surface area contributed by atoms with Crippen LogP contribution in [0.3, 0.4) is 0 Å². The Hall–Kier alpha value is -11.1. The number of phenols is 3. The molecule has 18 atom stereocenters. The Morgan fingerprint density at radius 1 is 0.707 bits per heavy atom. The number of aliphatic carboxylic acids is 1. The van der Waals surface area contributed by atoms with Gasteiger partial charge in [-0.3, -0.25) is 43.3 Å². The van der Waals surface area contributed by atoms with Crippen LogP contribution in [0.5, 0.6) is 46.0 Å². The van der Waals surface area contributed by atoms with E-state index in [-0.39, 0.29) is 59.3 Å². The standard InChI is InChI=1S/C78H85Cl2N11O25/c1-31(2)18-45(82-5)70(103)89-61-63(98)35-12-16-49(42(79)20-35)112-51-22-37-23-52(67(51)116-77-68(66(101)65(100)53(30-92)114-77)115-56-27-78(4,69(102)32(3)111-56)91-55(97)29-83-28-38-14-10-33-8-6-7-9-44(33)84-38)113-50-17-13-36(21-43(50)80)64(99)62-75(108)88-60(76(109)110)41-24-39(93)25-48(95)57(41)40-19-34(11-15-47(40)94)58(72(105)90-62)87-73(106)59(37)86-71(104)46(26-54(81)96)85-74(61)107/h6-17,19-25,31-32,45-46,53,56,58-66,68-69,77,82-83,92-95,98-102H,18,26-30H2,1-5H3,(H2,81,96)(H,85,107)(H,86,104)(H,87,106)(H,88,108)(H,89,103)(H,90,105)(H,91,97)(H,109,110)/t32-,45+,46-,53+,56-,58+,59+,60-,61+,62-,63+,64+,65+,66-,68+,69+,77-,78-/m0/s1. The van der Waals surface area contributed by atoms with Crippen molar-refractivity contribution in [2.75, 3.05) is 20.2 Å². The molecule has 0 aliphatic carbocycles. The second kappa shape index (κ2) is 35.2. The van der Waals surface area contributed by atoms with Gasteiger partial charge in [0.05, 0.1) is 58.5 Å². The van der Waals surface area contributed by atoms with Gasteiger partial charge in [-0.15, -0.1) is 0 Å². The van der Waals surface area contributed by atoms with Gasteiger partial charge >= 0.3 is 5.97 Å². The van der Waals surface area contributed by atoms with Crippen molar-refractivity contribution in [2.45, 2.75) is 163 Å². The van der Waals surface area contributed by atoms with Crippen molar-refractivity contribution < 1.29 is 123 Å². The number of phenolic OH excluding ortho intramolecular Hbond substituents is 3. The third-order valence-corrected chi connectivity index (χ3v) is 21.0. The summed E-state index contributed by atoms with van der Waals surface area (Å²) < 4.78 is 39.1. The molecule has 11 bridgehead atoms. The first kappa shape index (κ1) is 84.3. The summed E-state index contributed by atoms with van der Waals surface area (Å²) >= 11 is 14.3. The number of benzene rings is 6. The van der Waals surface area contributed by atoms with E-state index in [2.05, 4.69) is 52.8 Å². The van der Waals surface area contributed by atoms with Crippen LogP contribution in [0.4, 0.5) is 0 Å². The zero-order valence-electron chi connectivity index (χ0n) is 62.5. The van der Waals surface area contributed by atoms with E-state index in [1.807, 2.05) is 44.2 Å². The number of ether oxygens (including phenoxy) is 6. The highest BCUT2D eigenvalue weighted by Crippen LogP contribution is 2.50. The lowest BCUT2D eigenvalue weighted by Crippen LogP contribution is -2.66. The molecule has 116 heavy (non-hydrogen) atoms. The summed E-state index contributed by atoms with van der Waals surface area (Å²) in [6.07, 6.45) is -19.7. The first-order valence-electron chi connectivity index (χ1n) is 36.6. The molecule has 21 N–H and O–H groups in total. The number of carboxylic acid groups (broad SMARTS) is 1. The number of nitrogens with zero attached hydrogens (tertiary/aromatic N) is 1. The number of primary amides is 1. The maximum atomic E-state index is 16.2. The van der Waals surface area contributed by atoms with Crippen LogP contribution in [0.1, 0.15) is 111 Å². The number of fused-ring (bicyclic) bond motifs is 16. The Bertz CT molecular complexity index is 4990. The fourth-order valence-corrected chi connectivity index (χ4v) is 14.9. The SMILES string of the molecule is CN[C@H](CC(C)C)C(=O)N[C@H]1C(=O)N[C@@H](CC(N)=O)C(=O)N[C@H]2C(=O)N[C@H]3C(=O)N[C@H](C(=O)N[C@H](C(=O)O)c4cc(O)cc(O)c4-c4cc3ccc4O)[C@H](O)c3ccc(c(Cl)c3)Oc3cc2cc(c3O[C@@H]2O[C@H](CO)[C@@H](O)[C@H](O)[C@H]2O[C@H]2C[C@](C)(NC(=O)CNCc3ccc4ccccc4n3)[C@H](O)[C@H](C)O2)Oc2ccc(cc2Cl)[C@H]1O. The molecule has 0 saturated carbocycles. The normalized spacial score (nSPS) is 27.1. The van der Waals surface area contributed by atoms with Gasteiger partial charge in [-0.25, -0.2) is 4.79 Å². The Morgan fingerprint density at radius 3 is 2.00 bits per heavy atom. The monoisotopic (exact) mass is 1650 g/mol. The van der Waals surface area contributed by atoms with Gasteiger partial charge in [0.15, 0.2) is 29.9 Å². The number of para-hydroxylation sites is 1. The second-order valence-electron chi connectivity index (χ2n) is 29.3. The Kier molecular flexibility index (Phi) is 25.5. The van der Waals surface area contributed by atoms with Gasteiger partial charge in [0, 0.05) is 41.1 Å². The number of amides is 8. The van der Waals surface area contributed by atoms with E-state index in [1.165, 1.54) is 33.0 Å². The summed E-state index contributed by atoms with van der Waals surface area (Å²) in [4.78, 5) is 136. The average Bonchev–Trinajstić information content (AvgIpc) is 0.769. The van der Waals surface area contributed by atoms with Crippen molar-refractivity contribution in [3.8, 4) is 57.1 Å². The van der Waals surface area contributed by atoms with Crippen LogP contribution < -0.4 is 67.8 Å². The maximum absolute atomic E-state index is 16.2. The molecule has 6 aromatic carbocycles. The lowest BCUT2D eigenvalue weighted by molar-refractivity contribution is -0.334. The lowest BCUT2D eigenvalue weighted by Gasteiger charge is -2.48. The van der Waals surface area contributed by atoms with Crippen molar-refractivity contribution in [3.05, 3.63) is 159 Å². The van der Waals surface area contributed by atoms with E-state index in [9.17, 15) is 79.8 Å². The van der Waals surface area contributed by atoms with Crippen LogP contribution in [0.2, 0.25) is 10.0 Å². The van der Waals surface area contributed by atoms with Crippen molar-refractivity contribution in [1.29, 1.82) is 0 Å². The van der Waals surface area contributed by atoms with Crippen LogP contribution in [-0.2, 0) is 63.9 Å². The third kappa shape index (κ3) is 18.3. The van der Waals surface area contributed by atoms with Crippen molar-refractivity contribution in [1.82, 2.24) is 52.8 Å². The number of aliphatic hydroxyl groups excluding tert-OH is 6. The first-order chi connectivity index (χ1) is 55.1. The number of likely N-dealkylation sites (N-methyl/N-ethyl adjacent to an activating group) is 1. The van der Waals surface area contributed by atoms with E-state index < -0.39 is 243 Å². The summed E-state index contributed by atoms with van der Waals surface area (Å²) in [6, 6.07) is 10.2. The summed E-state index contributed by atoms with van der Waals surface area (Å²) in [5.74, 6) is -16.9. The molecule has 7 aromatic rings. The number of nitrogens with two attached hydrogens (primary N) is 1. The van der Waals surface area contributed by atoms with E-state index in [1.54, 1.807) is 6.07 Å². The molecule has 0 radical (unpaired) electrons. The topological polar surface area (TPSA) is 558 Å². The van der Waals surface area contributed by atoms with Gasteiger partial charge in [0.2, 0.25) is 59.3 Å². The Balaban J connectivity index is 1.03. The second-order valence-corrected chi connectivity index (χ2v) is 30.1. The van der Waals surface area contributed by atoms with Crippen molar-refractivity contribution in [3.63, 3.8) is 0 Å². The van der Waals surface area contributed by atoms with Crippen LogP contribution in [0, 0.1) is 5.92 Å². The van der Waals surface area contributed by atoms with E-state index >= 15 is 14.4 Å². The van der Waals surface area contributed by atoms with Crippen LogP contribution in [0.25, 0.3) is 22.0 Å². The highest BCUT2D eigenvalue weighted by molar-refractivity contribution is 6.32. The minimum Gasteiger partial charge on any atom is -0.508 e. The number of pyridine rings is 1. The third-order valence-electron chi connectivity index (χ3n) is 20.4. The zero-order valence-corrected chi connectivity index (χ0v) is 64.0. The van der Waals surface area contributed by atoms with Crippen molar-refractivity contribution >= 4 is 87.3 Å². The maximum Gasteiger partial charge on any atom is 0.330 e. The van der Waals surface area contributed by atoms with Crippen LogP contribution in [0.15, 0.2) is 115 Å². The summed E-state index contributed by atoms with van der Waals surface area (Å²) in [5, 5.41) is 140.